The topological polar surface area (TPSA) is 91.3 Å². The lowest BCUT2D eigenvalue weighted by Crippen LogP contribution is -2.44. The number of aromatic hydroxyl groups is 1. The molecular weight excluding hydrogens is 451 g/mol. The molecule has 1 aliphatic rings. The Morgan fingerprint density at radius 3 is 2.31 bits per heavy atom. The minimum Gasteiger partial charge on any atom is -0.508 e. The summed E-state index contributed by atoms with van der Waals surface area (Å²) in [5.41, 5.74) is 1.09. The van der Waals surface area contributed by atoms with E-state index in [-0.39, 0.29) is 30.5 Å². The van der Waals surface area contributed by atoms with E-state index in [9.17, 15) is 19.4 Å². The maximum atomic E-state index is 12.6. The Bertz CT molecular complexity index is 878. The Labute approximate surface area is 206 Å². The number of rotatable bonds is 15. The van der Waals surface area contributed by atoms with Crippen molar-refractivity contribution in [2.45, 2.75) is 50.7 Å². The minimum absolute atomic E-state index is 0.0307. The average Bonchev–Trinajstić information content (AvgIpc) is 3.26. The summed E-state index contributed by atoms with van der Waals surface area (Å²) in [6, 6.07) is 14.2. The zero-order valence-corrected chi connectivity index (χ0v) is 20.2. The van der Waals surface area contributed by atoms with E-state index in [1.54, 1.807) is 24.3 Å². The van der Waals surface area contributed by atoms with E-state index in [1.807, 2.05) is 24.3 Å². The third-order valence-electron chi connectivity index (χ3n) is 5.95. The van der Waals surface area contributed by atoms with Crippen LogP contribution in [0.15, 0.2) is 48.5 Å². The van der Waals surface area contributed by atoms with Gasteiger partial charge in [-0.1, -0.05) is 12.1 Å². The predicted molar refractivity (Wildman–Crippen MR) is 133 cm³/mol. The Morgan fingerprint density at radius 2 is 1.69 bits per heavy atom. The molecule has 0 aromatic heterocycles. The van der Waals surface area contributed by atoms with Crippen LogP contribution >= 0.6 is 0 Å². The van der Waals surface area contributed by atoms with Gasteiger partial charge in [-0.3, -0.25) is 14.1 Å². The minimum atomic E-state index is -0.325. The first-order valence-corrected chi connectivity index (χ1v) is 12.4. The number of unbranched alkanes of at least 4 members (excludes halogenated alkanes) is 1. The average molecular weight is 489 g/mol. The molecule has 1 saturated heterocycles. The van der Waals surface area contributed by atoms with Gasteiger partial charge in [0.05, 0.1) is 26.0 Å². The highest BCUT2D eigenvalue weighted by atomic mass is 19.1. The smallest absolute Gasteiger partial charge is 0.220 e. The molecule has 3 N–H and O–H groups in total. The van der Waals surface area contributed by atoms with Crippen LogP contribution in [0.5, 0.6) is 17.2 Å². The SMILES string of the molecule is O=C(CCCOc1ccc(O)cc1)NC(Cc1ccc(OCCCCF)cc1)CN1CC[C@H](O)C1. The number of nitrogens with one attached hydrogen (secondary N) is 1. The molecule has 35 heavy (non-hydrogen) atoms. The van der Waals surface area contributed by atoms with Crippen LogP contribution in [0.4, 0.5) is 4.39 Å². The summed E-state index contributed by atoms with van der Waals surface area (Å²) in [6.45, 7) is 2.70. The van der Waals surface area contributed by atoms with Gasteiger partial charge in [0.2, 0.25) is 5.91 Å². The molecule has 1 unspecified atom stereocenters. The molecule has 0 bridgehead atoms. The number of amides is 1. The number of carbonyl (C=O) groups excluding carboxylic acids is 1. The normalized spacial score (nSPS) is 16.7. The zero-order chi connectivity index (χ0) is 24.9. The second kappa shape index (κ2) is 14.5. The molecule has 1 fully saturated rings. The van der Waals surface area contributed by atoms with Crippen molar-refractivity contribution in [3.63, 3.8) is 0 Å². The standard InChI is InChI=1S/C27H37FN2O5/c28-14-1-2-16-34-25-9-5-21(6-10-25)18-22(19-30-15-13-24(32)20-30)29-27(33)4-3-17-35-26-11-7-23(31)8-12-26/h5-12,22,24,31-32H,1-4,13-20H2,(H,29,33)/t22?,24-/m0/s1. The number of hydrogen-bond donors (Lipinski definition) is 3. The molecule has 0 aliphatic carbocycles. The van der Waals surface area contributed by atoms with Gasteiger partial charge in [0.25, 0.3) is 0 Å². The van der Waals surface area contributed by atoms with Crippen LogP contribution in [-0.2, 0) is 11.2 Å². The third kappa shape index (κ3) is 10.1. The van der Waals surface area contributed by atoms with Gasteiger partial charge in [-0.25, -0.2) is 0 Å². The van der Waals surface area contributed by atoms with Crippen LogP contribution in [0.1, 0.15) is 37.7 Å². The van der Waals surface area contributed by atoms with Gasteiger partial charge < -0.3 is 25.0 Å². The van der Waals surface area contributed by atoms with Gasteiger partial charge >= 0.3 is 0 Å². The number of alkyl halides is 1. The highest BCUT2D eigenvalue weighted by Crippen LogP contribution is 2.17. The van der Waals surface area contributed by atoms with E-state index in [1.165, 1.54) is 0 Å². The number of aliphatic hydroxyl groups excluding tert-OH is 1. The lowest BCUT2D eigenvalue weighted by Gasteiger charge is -2.25. The molecule has 8 heteroatoms. The van der Waals surface area contributed by atoms with Gasteiger partial charge in [0.15, 0.2) is 0 Å². The number of β-amino-alcohol motifs (C(OH)–C–C–N with tert-alkyl or cyclic N) is 1. The number of halogens is 1. The largest absolute Gasteiger partial charge is 0.508 e. The summed E-state index contributed by atoms with van der Waals surface area (Å²) >= 11 is 0. The first-order chi connectivity index (χ1) is 17.0. The zero-order valence-electron chi connectivity index (χ0n) is 20.2. The molecule has 1 amide bonds. The van der Waals surface area contributed by atoms with Crippen molar-refractivity contribution in [1.82, 2.24) is 10.2 Å². The molecule has 0 radical (unpaired) electrons. The van der Waals surface area contributed by atoms with E-state index in [0.29, 0.717) is 64.2 Å². The lowest BCUT2D eigenvalue weighted by molar-refractivity contribution is -0.122. The van der Waals surface area contributed by atoms with E-state index < -0.39 is 0 Å². The van der Waals surface area contributed by atoms with Crippen molar-refractivity contribution in [2.24, 2.45) is 0 Å². The number of nitrogens with zero attached hydrogens (tertiary/aromatic N) is 1. The molecule has 2 atom stereocenters. The number of carbonyl (C=O) groups is 1. The van der Waals surface area contributed by atoms with Crippen molar-refractivity contribution in [3.05, 3.63) is 54.1 Å². The maximum absolute atomic E-state index is 12.6. The molecule has 0 spiro atoms. The molecule has 3 rings (SSSR count). The Morgan fingerprint density at radius 1 is 1.03 bits per heavy atom. The molecular formula is C27H37FN2O5. The van der Waals surface area contributed by atoms with Gasteiger partial charge in [0.1, 0.15) is 17.2 Å². The lowest BCUT2D eigenvalue weighted by atomic mass is 10.0. The fourth-order valence-electron chi connectivity index (χ4n) is 4.11. The van der Waals surface area contributed by atoms with E-state index >= 15 is 0 Å². The first kappa shape index (κ1) is 26.8. The number of benzene rings is 2. The Kier molecular flexibility index (Phi) is 11.1. The highest BCUT2D eigenvalue weighted by Gasteiger charge is 2.24. The highest BCUT2D eigenvalue weighted by molar-refractivity contribution is 5.76. The number of aliphatic hydroxyl groups is 1. The molecule has 192 valence electrons. The van der Waals surface area contributed by atoms with Crippen LogP contribution in [-0.4, -0.2) is 72.7 Å². The summed E-state index contributed by atoms with van der Waals surface area (Å²) < 4.78 is 23.5. The fourth-order valence-corrected chi connectivity index (χ4v) is 4.11. The van der Waals surface area contributed by atoms with Crippen molar-refractivity contribution in [1.29, 1.82) is 0 Å². The second-order valence-electron chi connectivity index (χ2n) is 9.01. The number of ether oxygens (including phenoxy) is 2. The molecule has 7 nitrogen and oxygen atoms in total. The van der Waals surface area contributed by atoms with Gasteiger partial charge in [-0.2, -0.15) is 0 Å². The monoisotopic (exact) mass is 488 g/mol. The van der Waals surface area contributed by atoms with Crippen LogP contribution in [0.3, 0.4) is 0 Å². The van der Waals surface area contributed by atoms with Crippen LogP contribution in [0.2, 0.25) is 0 Å². The Balaban J connectivity index is 1.47. The molecule has 2 aromatic carbocycles. The quantitative estimate of drug-likeness (QED) is 0.333. The number of phenols is 1. The van der Waals surface area contributed by atoms with Crippen LogP contribution in [0, 0.1) is 0 Å². The predicted octanol–water partition coefficient (Wildman–Crippen LogP) is 3.47. The molecule has 1 heterocycles. The van der Waals surface area contributed by atoms with Crippen molar-refractivity contribution in [3.8, 4) is 17.2 Å². The number of phenolic OH excluding ortho intramolecular Hbond substituents is 1. The summed E-state index contributed by atoms with van der Waals surface area (Å²) in [5, 5.41) is 22.4. The van der Waals surface area contributed by atoms with Crippen LogP contribution in [0.25, 0.3) is 0 Å². The first-order valence-electron chi connectivity index (χ1n) is 12.4. The van der Waals surface area contributed by atoms with E-state index in [0.717, 1.165) is 24.3 Å². The van der Waals surface area contributed by atoms with Gasteiger partial charge in [-0.15, -0.1) is 0 Å². The number of likely N-dealkylation sites (tertiary alicyclic amines) is 1. The van der Waals surface area contributed by atoms with Crippen molar-refractivity contribution >= 4 is 5.91 Å². The Hall–Kier alpha value is -2.84. The second-order valence-corrected chi connectivity index (χ2v) is 9.01. The summed E-state index contributed by atoms with van der Waals surface area (Å²) in [6.07, 6.45) is 3.24. The maximum Gasteiger partial charge on any atom is 0.220 e. The summed E-state index contributed by atoms with van der Waals surface area (Å²) in [4.78, 5) is 14.8. The van der Waals surface area contributed by atoms with E-state index in [4.69, 9.17) is 9.47 Å². The molecule has 1 aliphatic heterocycles. The van der Waals surface area contributed by atoms with Gasteiger partial charge in [-0.05, 0) is 74.1 Å². The number of hydrogen-bond acceptors (Lipinski definition) is 6. The van der Waals surface area contributed by atoms with Gasteiger partial charge in [0, 0.05) is 32.1 Å². The fraction of sp³-hybridized carbons (Fsp3) is 0.519. The third-order valence-corrected chi connectivity index (χ3v) is 5.95. The van der Waals surface area contributed by atoms with E-state index in [2.05, 4.69) is 10.2 Å². The van der Waals surface area contributed by atoms with Crippen molar-refractivity contribution in [2.75, 3.05) is 39.5 Å². The van der Waals surface area contributed by atoms with Crippen molar-refractivity contribution < 1.29 is 28.9 Å². The summed E-state index contributed by atoms with van der Waals surface area (Å²) in [5.74, 6) is 1.56. The molecule has 0 saturated carbocycles. The summed E-state index contributed by atoms with van der Waals surface area (Å²) in [7, 11) is 0. The van der Waals surface area contributed by atoms with Crippen LogP contribution < -0.4 is 14.8 Å². The molecule has 2 aromatic rings.